The monoisotopic (exact) mass is 348 g/mol. The molecule has 0 aromatic heterocycles. The molecule has 0 aliphatic carbocycles. The molecule has 0 aliphatic heterocycles. The van der Waals surface area contributed by atoms with Crippen LogP contribution < -0.4 is 10.6 Å². The van der Waals surface area contributed by atoms with Crippen molar-refractivity contribution in [3.63, 3.8) is 0 Å². The Morgan fingerprint density at radius 2 is 1.84 bits per heavy atom. The highest BCUT2D eigenvalue weighted by molar-refractivity contribution is 5.85. The number of benzene rings is 1. The fraction of sp³-hybridized carbons (Fsp3) is 0.474. The number of nitrogens with one attached hydrogen (secondary N) is 2. The summed E-state index contributed by atoms with van der Waals surface area (Å²) < 4.78 is 10.7. The number of ether oxygens (including phenoxy) is 2. The zero-order valence-electron chi connectivity index (χ0n) is 15.4. The van der Waals surface area contributed by atoms with Gasteiger partial charge in [-0.2, -0.15) is 0 Å². The maximum atomic E-state index is 12.0. The molecule has 0 bridgehead atoms. The number of amides is 2. The van der Waals surface area contributed by atoms with Gasteiger partial charge in [-0.3, -0.25) is 4.79 Å². The molecule has 0 aliphatic rings. The first-order valence-corrected chi connectivity index (χ1v) is 8.29. The van der Waals surface area contributed by atoms with Gasteiger partial charge in [-0.05, 0) is 33.3 Å². The first-order valence-electron chi connectivity index (χ1n) is 8.29. The van der Waals surface area contributed by atoms with Gasteiger partial charge in [0.25, 0.3) is 0 Å². The lowest BCUT2D eigenvalue weighted by Crippen LogP contribution is -2.46. The fourth-order valence-corrected chi connectivity index (χ4v) is 1.86. The molecule has 25 heavy (non-hydrogen) atoms. The van der Waals surface area contributed by atoms with Crippen molar-refractivity contribution < 1.29 is 19.1 Å². The third-order valence-corrected chi connectivity index (χ3v) is 3.12. The van der Waals surface area contributed by atoms with E-state index in [9.17, 15) is 9.59 Å². The zero-order valence-corrected chi connectivity index (χ0v) is 15.4. The van der Waals surface area contributed by atoms with Crippen molar-refractivity contribution in [3.8, 4) is 0 Å². The Morgan fingerprint density at radius 1 is 1.20 bits per heavy atom. The highest BCUT2D eigenvalue weighted by Gasteiger charge is 2.20. The van der Waals surface area contributed by atoms with Crippen LogP contribution in [0.1, 0.15) is 39.7 Å². The summed E-state index contributed by atoms with van der Waals surface area (Å²) in [5.74, 6) is 0.304. The van der Waals surface area contributed by atoms with Crippen LogP contribution >= 0.6 is 0 Å². The van der Waals surface area contributed by atoms with Crippen LogP contribution in [0.25, 0.3) is 0 Å². The molecule has 0 spiro atoms. The Hall–Kier alpha value is -2.50. The minimum atomic E-state index is -0.687. The van der Waals surface area contributed by atoms with Gasteiger partial charge in [-0.1, -0.05) is 36.9 Å². The van der Waals surface area contributed by atoms with Crippen molar-refractivity contribution in [3.05, 3.63) is 48.2 Å². The van der Waals surface area contributed by atoms with E-state index in [-0.39, 0.29) is 5.91 Å². The highest BCUT2D eigenvalue weighted by atomic mass is 16.6. The van der Waals surface area contributed by atoms with Gasteiger partial charge in [0.05, 0.1) is 5.76 Å². The van der Waals surface area contributed by atoms with E-state index in [0.29, 0.717) is 25.3 Å². The molecular weight excluding hydrogens is 320 g/mol. The van der Waals surface area contributed by atoms with Gasteiger partial charge >= 0.3 is 6.09 Å². The molecule has 138 valence electrons. The van der Waals surface area contributed by atoms with Gasteiger partial charge in [-0.25, -0.2) is 4.79 Å². The minimum Gasteiger partial charge on any atom is -0.494 e. The number of hydrogen-bond donors (Lipinski definition) is 2. The Balaban J connectivity index is 2.22. The molecule has 0 saturated heterocycles. The van der Waals surface area contributed by atoms with E-state index in [1.165, 1.54) is 0 Å². The lowest BCUT2D eigenvalue weighted by molar-refractivity contribution is -0.122. The smallest absolute Gasteiger partial charge is 0.408 e. The van der Waals surface area contributed by atoms with E-state index >= 15 is 0 Å². The molecule has 2 N–H and O–H groups in total. The van der Waals surface area contributed by atoms with Crippen LogP contribution in [0.3, 0.4) is 0 Å². The van der Waals surface area contributed by atoms with E-state index < -0.39 is 17.7 Å². The summed E-state index contributed by atoms with van der Waals surface area (Å²) >= 11 is 0. The Bertz CT molecular complexity index is 579. The zero-order chi connectivity index (χ0) is 18.9. The Morgan fingerprint density at radius 3 is 2.44 bits per heavy atom. The van der Waals surface area contributed by atoms with Crippen LogP contribution in [0.15, 0.2) is 42.7 Å². The molecule has 6 nitrogen and oxygen atoms in total. The number of rotatable bonds is 8. The molecule has 2 amide bonds. The second kappa shape index (κ2) is 9.71. The molecule has 0 radical (unpaired) electrons. The standard InChI is InChI=1S/C19H28N2O4/c1-14(24-13-16-9-7-6-8-10-16)11-12-20-17(22)15(2)21-18(23)25-19(3,4)5/h6-10,15H,1,11-13H2,2-5H3,(H,20,22)(H,21,23)/t15-/m1/s1. The number of alkyl carbamates (subject to hydrolysis) is 1. The van der Waals surface area contributed by atoms with Crippen molar-refractivity contribution in [1.82, 2.24) is 10.6 Å². The molecule has 0 heterocycles. The first-order chi connectivity index (χ1) is 11.7. The molecule has 1 aromatic carbocycles. The van der Waals surface area contributed by atoms with Crippen LogP contribution in [0.2, 0.25) is 0 Å². The maximum Gasteiger partial charge on any atom is 0.408 e. The number of hydrogen-bond acceptors (Lipinski definition) is 4. The lowest BCUT2D eigenvalue weighted by atomic mass is 10.2. The molecule has 0 unspecified atom stereocenters. The van der Waals surface area contributed by atoms with Crippen molar-refractivity contribution in [2.45, 2.75) is 52.4 Å². The summed E-state index contributed by atoms with van der Waals surface area (Å²) in [6.45, 7) is 11.6. The first kappa shape index (κ1) is 20.5. The summed E-state index contributed by atoms with van der Waals surface area (Å²) in [7, 11) is 0. The number of carbonyl (C=O) groups excluding carboxylic acids is 2. The van der Waals surface area contributed by atoms with Crippen LogP contribution in [0, 0.1) is 0 Å². The van der Waals surface area contributed by atoms with Crippen molar-refractivity contribution in [2.24, 2.45) is 0 Å². The molecule has 0 saturated carbocycles. The number of carbonyl (C=O) groups is 2. The molecule has 0 fully saturated rings. The summed E-state index contributed by atoms with van der Waals surface area (Å²) in [6.07, 6.45) is -0.122. The van der Waals surface area contributed by atoms with Crippen LogP contribution in [-0.4, -0.2) is 30.2 Å². The third kappa shape index (κ3) is 9.39. The topological polar surface area (TPSA) is 76.7 Å². The SMILES string of the molecule is C=C(CCNC(=O)[C@@H](C)NC(=O)OC(C)(C)C)OCc1ccccc1. The summed E-state index contributed by atoms with van der Waals surface area (Å²) in [5.41, 5.74) is 0.455. The predicted molar refractivity (Wildman–Crippen MR) is 96.8 cm³/mol. The second-order valence-corrected chi connectivity index (χ2v) is 6.72. The quantitative estimate of drug-likeness (QED) is 0.708. The predicted octanol–water partition coefficient (Wildman–Crippen LogP) is 3.14. The average Bonchev–Trinajstić information content (AvgIpc) is 2.51. The molecular formula is C19H28N2O4. The Kier molecular flexibility index (Phi) is 7.98. The van der Waals surface area contributed by atoms with E-state index in [0.717, 1.165) is 5.56 Å². The van der Waals surface area contributed by atoms with Gasteiger partial charge in [0.2, 0.25) is 5.91 Å². The van der Waals surface area contributed by atoms with Crippen molar-refractivity contribution in [2.75, 3.05) is 6.54 Å². The lowest BCUT2D eigenvalue weighted by Gasteiger charge is -2.21. The summed E-state index contributed by atoms with van der Waals surface area (Å²) in [5, 5.41) is 5.22. The summed E-state index contributed by atoms with van der Waals surface area (Å²) in [6, 6.07) is 9.09. The second-order valence-electron chi connectivity index (χ2n) is 6.72. The van der Waals surface area contributed by atoms with E-state index in [2.05, 4.69) is 17.2 Å². The molecule has 1 aromatic rings. The van der Waals surface area contributed by atoms with Gasteiger partial charge in [-0.15, -0.1) is 0 Å². The van der Waals surface area contributed by atoms with E-state index in [1.807, 2.05) is 30.3 Å². The van der Waals surface area contributed by atoms with Gasteiger partial charge in [0.15, 0.2) is 0 Å². The van der Waals surface area contributed by atoms with Crippen molar-refractivity contribution in [1.29, 1.82) is 0 Å². The third-order valence-electron chi connectivity index (χ3n) is 3.12. The van der Waals surface area contributed by atoms with Gasteiger partial charge < -0.3 is 20.1 Å². The van der Waals surface area contributed by atoms with Gasteiger partial charge in [0, 0.05) is 13.0 Å². The fourth-order valence-electron chi connectivity index (χ4n) is 1.86. The molecule has 6 heteroatoms. The maximum absolute atomic E-state index is 12.0. The van der Waals surface area contributed by atoms with Crippen LogP contribution in [0.4, 0.5) is 4.79 Å². The van der Waals surface area contributed by atoms with Crippen LogP contribution in [-0.2, 0) is 20.9 Å². The minimum absolute atomic E-state index is 0.290. The normalized spacial score (nSPS) is 12.0. The van der Waals surface area contributed by atoms with E-state index in [4.69, 9.17) is 9.47 Å². The molecule has 1 atom stereocenters. The van der Waals surface area contributed by atoms with Gasteiger partial charge in [0.1, 0.15) is 18.2 Å². The van der Waals surface area contributed by atoms with E-state index in [1.54, 1.807) is 27.7 Å². The van der Waals surface area contributed by atoms with Crippen LogP contribution in [0.5, 0.6) is 0 Å². The average molecular weight is 348 g/mol. The largest absolute Gasteiger partial charge is 0.494 e. The highest BCUT2D eigenvalue weighted by Crippen LogP contribution is 2.07. The Labute approximate surface area is 149 Å². The molecule has 1 rings (SSSR count). The summed E-state index contributed by atoms with van der Waals surface area (Å²) in [4.78, 5) is 23.6. The van der Waals surface area contributed by atoms with Crippen molar-refractivity contribution >= 4 is 12.0 Å².